The molecule has 30 heavy (non-hydrogen) atoms. The summed E-state index contributed by atoms with van der Waals surface area (Å²) in [5.74, 6) is 0.423. The van der Waals surface area contributed by atoms with Crippen molar-refractivity contribution in [1.29, 1.82) is 0 Å². The second kappa shape index (κ2) is 8.78. The van der Waals surface area contributed by atoms with Gasteiger partial charge in [-0.25, -0.2) is 4.98 Å². The van der Waals surface area contributed by atoms with Crippen molar-refractivity contribution in [3.8, 4) is 0 Å². The molecule has 0 saturated heterocycles. The van der Waals surface area contributed by atoms with Crippen LogP contribution >= 0.6 is 0 Å². The number of aliphatic imine (C=N–C) groups is 1. The predicted molar refractivity (Wildman–Crippen MR) is 123 cm³/mol. The molecule has 0 aliphatic carbocycles. The molecule has 0 atom stereocenters. The zero-order valence-corrected chi connectivity index (χ0v) is 17.3. The first-order valence-electron chi connectivity index (χ1n) is 10.0. The van der Waals surface area contributed by atoms with Crippen molar-refractivity contribution in [3.05, 3.63) is 107 Å². The van der Waals surface area contributed by atoms with Crippen LogP contribution < -0.4 is 5.73 Å². The van der Waals surface area contributed by atoms with Gasteiger partial charge in [0.05, 0.1) is 12.2 Å². The van der Waals surface area contributed by atoms with E-state index < -0.39 is 0 Å². The minimum absolute atomic E-state index is 0.423. The van der Waals surface area contributed by atoms with Crippen LogP contribution in [0.4, 0.5) is 0 Å². The number of aryl methyl sites for hydroxylation is 1. The Morgan fingerprint density at radius 3 is 2.47 bits per heavy atom. The Kier molecular flexibility index (Phi) is 5.75. The van der Waals surface area contributed by atoms with Gasteiger partial charge in [0.1, 0.15) is 5.52 Å². The topological polar surface area (TPSA) is 64.4 Å². The molecular formula is C26H25N3O. The van der Waals surface area contributed by atoms with Crippen molar-refractivity contribution in [2.75, 3.05) is 0 Å². The number of oxazole rings is 1. The zero-order valence-electron chi connectivity index (χ0n) is 17.3. The molecule has 0 bridgehead atoms. The summed E-state index contributed by atoms with van der Waals surface area (Å²) in [6.45, 7) is 4.63. The molecule has 150 valence electrons. The summed E-state index contributed by atoms with van der Waals surface area (Å²) in [7, 11) is 0. The highest BCUT2D eigenvalue weighted by molar-refractivity contribution is 5.98. The van der Waals surface area contributed by atoms with Crippen LogP contribution in [0.5, 0.6) is 0 Å². The lowest BCUT2D eigenvalue weighted by Gasteiger charge is -2.00. The fourth-order valence-electron chi connectivity index (χ4n) is 3.28. The van der Waals surface area contributed by atoms with Gasteiger partial charge in [0.15, 0.2) is 5.58 Å². The van der Waals surface area contributed by atoms with Crippen LogP contribution in [0, 0.1) is 6.92 Å². The van der Waals surface area contributed by atoms with Gasteiger partial charge in [-0.05, 0) is 55.2 Å². The van der Waals surface area contributed by atoms with E-state index in [9.17, 15) is 0 Å². The zero-order chi connectivity index (χ0) is 20.9. The lowest BCUT2D eigenvalue weighted by Crippen LogP contribution is -2.00. The third kappa shape index (κ3) is 4.84. The summed E-state index contributed by atoms with van der Waals surface area (Å²) in [4.78, 5) is 9.18. The van der Waals surface area contributed by atoms with Crippen LogP contribution in [-0.2, 0) is 13.0 Å². The Hall–Kier alpha value is -3.66. The first-order chi connectivity index (χ1) is 14.6. The van der Waals surface area contributed by atoms with E-state index in [1.165, 1.54) is 22.3 Å². The second-order valence-corrected chi connectivity index (χ2v) is 7.53. The molecule has 4 aromatic rings. The molecule has 0 spiro atoms. The summed E-state index contributed by atoms with van der Waals surface area (Å²) in [5.41, 5.74) is 13.9. The maximum absolute atomic E-state index is 6.23. The van der Waals surface area contributed by atoms with Crippen molar-refractivity contribution in [2.45, 2.75) is 26.8 Å². The van der Waals surface area contributed by atoms with E-state index in [2.05, 4.69) is 77.6 Å². The molecule has 4 rings (SSSR count). The molecule has 0 fully saturated rings. The van der Waals surface area contributed by atoms with E-state index >= 15 is 0 Å². The molecule has 0 radical (unpaired) electrons. The van der Waals surface area contributed by atoms with E-state index in [1.807, 2.05) is 25.1 Å². The van der Waals surface area contributed by atoms with Crippen molar-refractivity contribution >= 4 is 22.5 Å². The van der Waals surface area contributed by atoms with Crippen LogP contribution in [0.25, 0.3) is 16.8 Å². The number of aromatic nitrogens is 1. The number of rotatable bonds is 6. The largest absolute Gasteiger partial charge is 0.435 e. The molecule has 0 saturated carbocycles. The van der Waals surface area contributed by atoms with E-state index in [4.69, 9.17) is 10.2 Å². The number of benzene rings is 3. The molecule has 3 aromatic carbocycles. The summed E-state index contributed by atoms with van der Waals surface area (Å²) in [6.07, 6.45) is 2.67. The average molecular weight is 396 g/mol. The maximum Gasteiger partial charge on any atom is 0.243 e. The van der Waals surface area contributed by atoms with Gasteiger partial charge < -0.3 is 10.2 Å². The summed E-state index contributed by atoms with van der Waals surface area (Å²) in [6, 6.07) is 24.8. The monoisotopic (exact) mass is 395 g/mol. The number of fused-ring (bicyclic) bond motifs is 1. The standard InChI is InChI=1S/C26H25N3O/c1-18-8-10-21(11-9-18)17-28-19(2)14-23(27)26-29-24-16-22(12-13-25(24)30-26)15-20-6-4-3-5-7-20/h3-14,16H,15,17,27H2,1-2H3/b23-14-,28-19?. The summed E-state index contributed by atoms with van der Waals surface area (Å²) in [5, 5.41) is 0. The molecule has 0 aliphatic rings. The van der Waals surface area contributed by atoms with E-state index in [-0.39, 0.29) is 0 Å². The molecule has 0 aliphatic heterocycles. The lowest BCUT2D eigenvalue weighted by atomic mass is 10.0. The highest BCUT2D eigenvalue weighted by Crippen LogP contribution is 2.21. The van der Waals surface area contributed by atoms with Crippen molar-refractivity contribution in [2.24, 2.45) is 10.7 Å². The molecule has 2 N–H and O–H groups in total. The van der Waals surface area contributed by atoms with Crippen LogP contribution in [-0.4, -0.2) is 10.7 Å². The molecule has 1 aromatic heterocycles. The Labute approximate surface area is 176 Å². The van der Waals surface area contributed by atoms with Crippen molar-refractivity contribution in [3.63, 3.8) is 0 Å². The smallest absolute Gasteiger partial charge is 0.243 e. The third-order valence-corrected chi connectivity index (χ3v) is 4.95. The average Bonchev–Trinajstić information content (AvgIpc) is 3.18. The highest BCUT2D eigenvalue weighted by Gasteiger charge is 2.09. The Bertz CT molecular complexity index is 1200. The summed E-state index contributed by atoms with van der Waals surface area (Å²) >= 11 is 0. The Morgan fingerprint density at radius 1 is 0.967 bits per heavy atom. The van der Waals surface area contributed by atoms with Crippen LogP contribution in [0.15, 0.2) is 88.3 Å². The first-order valence-corrected chi connectivity index (χ1v) is 10.0. The third-order valence-electron chi connectivity index (χ3n) is 4.95. The van der Waals surface area contributed by atoms with Crippen LogP contribution in [0.2, 0.25) is 0 Å². The van der Waals surface area contributed by atoms with Gasteiger partial charge in [0.2, 0.25) is 5.89 Å². The van der Waals surface area contributed by atoms with Gasteiger partial charge in [0.25, 0.3) is 0 Å². The van der Waals surface area contributed by atoms with Gasteiger partial charge in [-0.1, -0.05) is 66.2 Å². The molecule has 1 heterocycles. The highest BCUT2D eigenvalue weighted by atomic mass is 16.3. The minimum Gasteiger partial charge on any atom is -0.435 e. The van der Waals surface area contributed by atoms with Crippen LogP contribution in [0.1, 0.15) is 35.1 Å². The number of nitrogens with two attached hydrogens (primary N) is 1. The quantitative estimate of drug-likeness (QED) is 0.427. The van der Waals surface area contributed by atoms with Crippen molar-refractivity contribution < 1.29 is 4.42 Å². The summed E-state index contributed by atoms with van der Waals surface area (Å²) < 4.78 is 5.85. The molecule has 4 heteroatoms. The number of nitrogens with zero attached hydrogens (tertiary/aromatic N) is 2. The Balaban J connectivity index is 1.50. The van der Waals surface area contributed by atoms with Crippen molar-refractivity contribution in [1.82, 2.24) is 4.98 Å². The van der Waals surface area contributed by atoms with Gasteiger partial charge >= 0.3 is 0 Å². The molecule has 4 nitrogen and oxygen atoms in total. The first kappa shape index (κ1) is 19.6. The van der Waals surface area contributed by atoms with E-state index in [1.54, 1.807) is 0 Å². The number of allylic oxidation sites excluding steroid dienone is 1. The molecular weight excluding hydrogens is 370 g/mol. The van der Waals surface area contributed by atoms with E-state index in [0.29, 0.717) is 18.1 Å². The lowest BCUT2D eigenvalue weighted by molar-refractivity contribution is 0.583. The second-order valence-electron chi connectivity index (χ2n) is 7.53. The number of hydrogen-bond acceptors (Lipinski definition) is 4. The van der Waals surface area contributed by atoms with Gasteiger partial charge in [-0.2, -0.15) is 0 Å². The van der Waals surface area contributed by atoms with Gasteiger partial charge in [0, 0.05) is 5.71 Å². The Morgan fingerprint density at radius 2 is 1.70 bits per heavy atom. The normalized spacial score (nSPS) is 12.5. The predicted octanol–water partition coefficient (Wildman–Crippen LogP) is 5.69. The molecule has 0 unspecified atom stereocenters. The van der Waals surface area contributed by atoms with Gasteiger partial charge in [-0.3, -0.25) is 4.99 Å². The van der Waals surface area contributed by atoms with Crippen LogP contribution in [0.3, 0.4) is 0 Å². The van der Waals surface area contributed by atoms with E-state index in [0.717, 1.165) is 23.2 Å². The maximum atomic E-state index is 6.23. The SMILES string of the molecule is CC(/C=C(\N)c1nc2cc(Cc3ccccc3)ccc2o1)=NCc1ccc(C)cc1. The number of hydrogen-bond donors (Lipinski definition) is 1. The minimum atomic E-state index is 0.423. The fourth-order valence-corrected chi connectivity index (χ4v) is 3.28. The molecule has 0 amide bonds. The fraction of sp³-hybridized carbons (Fsp3) is 0.154. The van der Waals surface area contributed by atoms with Gasteiger partial charge in [-0.15, -0.1) is 0 Å².